The van der Waals surface area contributed by atoms with Gasteiger partial charge in [-0.2, -0.15) is 0 Å². The molecule has 33 heavy (non-hydrogen) atoms. The summed E-state index contributed by atoms with van der Waals surface area (Å²) in [5.74, 6) is 3.15. The second kappa shape index (κ2) is 7.62. The summed E-state index contributed by atoms with van der Waals surface area (Å²) >= 11 is 0. The van der Waals surface area contributed by atoms with Gasteiger partial charge in [0.25, 0.3) is 11.5 Å². The zero-order valence-corrected chi connectivity index (χ0v) is 18.4. The molecular weight excluding hydrogens is 418 g/mol. The minimum Gasteiger partial charge on any atom is -0.493 e. The number of nitrogens with zero attached hydrogens (tertiary/aromatic N) is 3. The highest BCUT2D eigenvalue weighted by molar-refractivity contribution is 5.72. The first-order valence-corrected chi connectivity index (χ1v) is 11.2. The fourth-order valence-corrected chi connectivity index (χ4v) is 5.13. The predicted octanol–water partition coefficient (Wildman–Crippen LogP) is 4.11. The van der Waals surface area contributed by atoms with Crippen molar-refractivity contribution in [2.24, 2.45) is 0 Å². The summed E-state index contributed by atoms with van der Waals surface area (Å²) in [6.45, 7) is 4.93. The molecule has 0 saturated carbocycles. The van der Waals surface area contributed by atoms with Crippen LogP contribution in [0.3, 0.4) is 0 Å². The Labute approximate surface area is 190 Å². The van der Waals surface area contributed by atoms with Gasteiger partial charge in [-0.15, -0.1) is 0 Å². The van der Waals surface area contributed by atoms with E-state index in [0.717, 1.165) is 60.0 Å². The van der Waals surface area contributed by atoms with Gasteiger partial charge in [-0.05, 0) is 35.9 Å². The molecule has 0 atom stereocenters. The van der Waals surface area contributed by atoms with Gasteiger partial charge in [0.15, 0.2) is 11.0 Å². The Morgan fingerprint density at radius 3 is 2.67 bits per heavy atom. The third-order valence-corrected chi connectivity index (χ3v) is 6.81. The summed E-state index contributed by atoms with van der Waals surface area (Å²) in [6, 6.07) is 17.3. The lowest BCUT2D eigenvalue weighted by Gasteiger charge is -2.12. The minimum atomic E-state index is -0.365. The number of imidazole rings is 1. The average molecular weight is 442 g/mol. The molecule has 2 aliphatic rings. The highest BCUT2D eigenvalue weighted by Gasteiger charge is 2.30. The molecule has 3 heterocycles. The van der Waals surface area contributed by atoms with Crippen molar-refractivity contribution in [3.05, 3.63) is 92.8 Å². The number of non-ortho nitro benzene ring substituents is 1. The summed E-state index contributed by atoms with van der Waals surface area (Å²) in [4.78, 5) is 10.7. The number of hydrogen-bond acceptors (Lipinski definition) is 4. The van der Waals surface area contributed by atoms with E-state index in [1.165, 1.54) is 16.7 Å². The number of fused-ring (bicyclic) bond motifs is 3. The Morgan fingerprint density at radius 1 is 1.06 bits per heavy atom. The Hall–Kier alpha value is -3.87. The molecule has 0 radical (unpaired) electrons. The molecule has 0 amide bonds. The van der Waals surface area contributed by atoms with Crippen LogP contribution in [-0.2, 0) is 25.9 Å². The standard InChI is InChI=1S/C26H24N3O4/c1-17-27(15-18-6-8-20(9-7-18)29(30)31)23-4-2-3-5-24(23)28(17)16-22-21-11-13-32-25(21)14-19-10-12-33-26(19)22/h2-9,14H,10-13,15-16H2,1H3/q+1. The Bertz CT molecular complexity index is 1370. The monoisotopic (exact) mass is 442 g/mol. The minimum absolute atomic E-state index is 0.108. The normalized spacial score (nSPS) is 14.1. The lowest BCUT2D eigenvalue weighted by molar-refractivity contribution is -0.669. The van der Waals surface area contributed by atoms with E-state index >= 15 is 0 Å². The van der Waals surface area contributed by atoms with Crippen LogP contribution in [0.25, 0.3) is 11.0 Å². The Balaban J connectivity index is 1.44. The predicted molar refractivity (Wildman–Crippen MR) is 123 cm³/mol. The molecule has 166 valence electrons. The number of para-hydroxylation sites is 2. The molecule has 0 N–H and O–H groups in total. The highest BCUT2D eigenvalue weighted by Crippen LogP contribution is 2.41. The number of ether oxygens (including phenoxy) is 2. The number of hydrogen-bond donors (Lipinski definition) is 0. The third kappa shape index (κ3) is 3.23. The zero-order valence-electron chi connectivity index (χ0n) is 18.4. The first-order chi connectivity index (χ1) is 16.1. The van der Waals surface area contributed by atoms with E-state index in [0.29, 0.717) is 13.1 Å². The summed E-state index contributed by atoms with van der Waals surface area (Å²) in [5.41, 5.74) is 7.14. The maximum Gasteiger partial charge on any atom is 0.269 e. The number of benzene rings is 3. The molecule has 6 rings (SSSR count). The second-order valence-corrected chi connectivity index (χ2v) is 8.65. The molecule has 4 aromatic rings. The molecular formula is C26H24N3O4+. The van der Waals surface area contributed by atoms with E-state index in [1.807, 2.05) is 18.2 Å². The van der Waals surface area contributed by atoms with E-state index in [9.17, 15) is 10.1 Å². The molecule has 0 fully saturated rings. The first-order valence-electron chi connectivity index (χ1n) is 11.2. The molecule has 2 aliphatic heterocycles. The fourth-order valence-electron chi connectivity index (χ4n) is 5.13. The van der Waals surface area contributed by atoms with E-state index in [1.54, 1.807) is 12.1 Å². The van der Waals surface area contributed by atoms with Crippen LogP contribution in [0.5, 0.6) is 11.5 Å². The first kappa shape index (κ1) is 19.8. The van der Waals surface area contributed by atoms with E-state index < -0.39 is 0 Å². The van der Waals surface area contributed by atoms with E-state index in [4.69, 9.17) is 9.47 Å². The van der Waals surface area contributed by atoms with Crippen LogP contribution in [0.4, 0.5) is 5.69 Å². The van der Waals surface area contributed by atoms with Crippen molar-refractivity contribution in [1.82, 2.24) is 4.57 Å². The van der Waals surface area contributed by atoms with Gasteiger partial charge in [-0.1, -0.05) is 12.1 Å². The zero-order chi connectivity index (χ0) is 22.5. The van der Waals surface area contributed by atoms with Crippen LogP contribution in [0.15, 0.2) is 54.6 Å². The van der Waals surface area contributed by atoms with Crippen molar-refractivity contribution in [2.75, 3.05) is 13.2 Å². The van der Waals surface area contributed by atoms with Crippen LogP contribution in [0.1, 0.15) is 28.1 Å². The third-order valence-electron chi connectivity index (χ3n) is 6.81. The molecule has 0 bridgehead atoms. The quantitative estimate of drug-likeness (QED) is 0.265. The van der Waals surface area contributed by atoms with Crippen molar-refractivity contribution in [3.8, 4) is 11.5 Å². The summed E-state index contributed by atoms with van der Waals surface area (Å²) in [7, 11) is 0. The van der Waals surface area contributed by atoms with Gasteiger partial charge in [-0.25, -0.2) is 9.13 Å². The summed E-state index contributed by atoms with van der Waals surface area (Å²) in [5, 5.41) is 11.0. The molecule has 7 nitrogen and oxygen atoms in total. The van der Waals surface area contributed by atoms with E-state index in [-0.39, 0.29) is 10.6 Å². The van der Waals surface area contributed by atoms with Crippen molar-refractivity contribution in [3.63, 3.8) is 0 Å². The van der Waals surface area contributed by atoms with Crippen LogP contribution < -0.4 is 14.0 Å². The van der Waals surface area contributed by atoms with Crippen LogP contribution in [-0.4, -0.2) is 22.7 Å². The van der Waals surface area contributed by atoms with Crippen LogP contribution >= 0.6 is 0 Å². The van der Waals surface area contributed by atoms with Gasteiger partial charge in [0.1, 0.15) is 24.6 Å². The fraction of sp³-hybridized carbons (Fsp3) is 0.269. The number of nitro groups is 1. The van der Waals surface area contributed by atoms with Gasteiger partial charge < -0.3 is 9.47 Å². The summed E-state index contributed by atoms with van der Waals surface area (Å²) in [6.07, 6.45) is 1.83. The number of rotatable bonds is 5. The van der Waals surface area contributed by atoms with Gasteiger partial charge >= 0.3 is 0 Å². The van der Waals surface area contributed by atoms with E-state index in [2.05, 4.69) is 40.3 Å². The molecule has 0 unspecified atom stereocenters. The highest BCUT2D eigenvalue weighted by atomic mass is 16.6. The van der Waals surface area contributed by atoms with Crippen molar-refractivity contribution in [1.29, 1.82) is 0 Å². The van der Waals surface area contributed by atoms with Crippen LogP contribution in [0.2, 0.25) is 0 Å². The topological polar surface area (TPSA) is 70.4 Å². The number of nitro benzene ring substituents is 1. The van der Waals surface area contributed by atoms with Gasteiger partial charge in [0.05, 0.1) is 18.1 Å². The number of aromatic nitrogens is 2. The Morgan fingerprint density at radius 2 is 1.85 bits per heavy atom. The molecule has 7 heteroatoms. The Kier molecular flexibility index (Phi) is 4.57. The van der Waals surface area contributed by atoms with Crippen molar-refractivity contribution < 1.29 is 19.0 Å². The van der Waals surface area contributed by atoms with Crippen molar-refractivity contribution in [2.45, 2.75) is 32.9 Å². The van der Waals surface area contributed by atoms with Gasteiger partial charge in [0, 0.05) is 48.6 Å². The molecule has 1 aromatic heterocycles. The van der Waals surface area contributed by atoms with Gasteiger partial charge in [-0.3, -0.25) is 10.1 Å². The lowest BCUT2D eigenvalue weighted by Crippen LogP contribution is -2.37. The molecule has 0 aliphatic carbocycles. The molecule has 3 aromatic carbocycles. The lowest BCUT2D eigenvalue weighted by atomic mass is 9.99. The molecule has 0 saturated heterocycles. The van der Waals surface area contributed by atoms with Crippen molar-refractivity contribution >= 4 is 16.7 Å². The van der Waals surface area contributed by atoms with Crippen LogP contribution in [0, 0.1) is 17.0 Å². The second-order valence-electron chi connectivity index (χ2n) is 8.65. The largest absolute Gasteiger partial charge is 0.493 e. The maximum atomic E-state index is 11.0. The maximum absolute atomic E-state index is 11.0. The summed E-state index contributed by atoms with van der Waals surface area (Å²) < 4.78 is 16.6. The SMILES string of the molecule is Cc1n(Cc2c3c(cc4c2OCC4)OCC3)c2ccccc2[n+]1Cc1ccc([N+](=O)[O-])cc1. The smallest absolute Gasteiger partial charge is 0.269 e. The molecule has 0 spiro atoms. The average Bonchev–Trinajstić information content (AvgIpc) is 3.54. The van der Waals surface area contributed by atoms with Gasteiger partial charge in [0.2, 0.25) is 0 Å².